The second-order valence-corrected chi connectivity index (χ2v) is 4.99. The fourth-order valence-corrected chi connectivity index (χ4v) is 2.33. The Balaban J connectivity index is 3.17. The Bertz CT molecular complexity index is 363. The van der Waals surface area contributed by atoms with Crippen LogP contribution in [0.3, 0.4) is 0 Å². The molecule has 1 atom stereocenters. The maximum Gasteiger partial charge on any atom is 0.129 e. The van der Waals surface area contributed by atoms with E-state index in [1.807, 2.05) is 0 Å². The first-order valence-electron chi connectivity index (χ1n) is 5.63. The molecule has 0 aliphatic heterocycles. The molecule has 1 unspecified atom stereocenters. The Morgan fingerprint density at radius 1 is 1.38 bits per heavy atom. The molecule has 2 N–H and O–H groups in total. The van der Waals surface area contributed by atoms with Gasteiger partial charge in [-0.2, -0.15) is 0 Å². The molecule has 0 heterocycles. The highest BCUT2D eigenvalue weighted by Crippen LogP contribution is 2.32. The van der Waals surface area contributed by atoms with E-state index in [-0.39, 0.29) is 11.7 Å². The zero-order chi connectivity index (χ0) is 12.3. The molecule has 0 bridgehead atoms. The lowest BCUT2D eigenvalue weighted by atomic mass is 9.85. The first kappa shape index (κ1) is 13.5. The Kier molecular flexibility index (Phi) is 4.75. The number of aryl methyl sites for hydroxylation is 1. The smallest absolute Gasteiger partial charge is 0.129 e. The summed E-state index contributed by atoms with van der Waals surface area (Å²) in [4.78, 5) is 0. The largest absolute Gasteiger partial charge is 0.330 e. The molecule has 1 rings (SSSR count). The van der Waals surface area contributed by atoms with Gasteiger partial charge in [-0.3, -0.25) is 0 Å². The minimum Gasteiger partial charge on any atom is -0.330 e. The van der Waals surface area contributed by atoms with Crippen LogP contribution in [-0.4, -0.2) is 6.54 Å². The van der Waals surface area contributed by atoms with Crippen molar-refractivity contribution in [3.8, 4) is 0 Å². The maximum atomic E-state index is 14.0. The third-order valence-corrected chi connectivity index (χ3v) is 3.15. The third kappa shape index (κ3) is 2.96. The number of halogens is 2. The van der Waals surface area contributed by atoms with Crippen LogP contribution < -0.4 is 5.73 Å². The minimum atomic E-state index is -0.142. The van der Waals surface area contributed by atoms with Gasteiger partial charge in [0, 0.05) is 5.02 Å². The van der Waals surface area contributed by atoms with Crippen molar-refractivity contribution in [2.45, 2.75) is 33.1 Å². The van der Waals surface area contributed by atoms with E-state index in [4.69, 9.17) is 17.3 Å². The predicted octanol–water partition coefficient (Wildman–Crippen LogP) is 3.88. The maximum absolute atomic E-state index is 14.0. The molecule has 1 nitrogen and oxygen atoms in total. The van der Waals surface area contributed by atoms with E-state index < -0.39 is 0 Å². The van der Waals surface area contributed by atoms with Crippen LogP contribution in [0.5, 0.6) is 0 Å². The summed E-state index contributed by atoms with van der Waals surface area (Å²) in [5, 5.41) is 0.594. The first-order chi connectivity index (χ1) is 7.47. The van der Waals surface area contributed by atoms with Gasteiger partial charge in [-0.25, -0.2) is 4.39 Å². The van der Waals surface area contributed by atoms with Gasteiger partial charge in [-0.15, -0.1) is 0 Å². The number of benzene rings is 1. The van der Waals surface area contributed by atoms with Crippen molar-refractivity contribution in [2.24, 2.45) is 11.7 Å². The second kappa shape index (κ2) is 5.65. The molecule has 1 aromatic rings. The van der Waals surface area contributed by atoms with E-state index in [1.54, 1.807) is 19.1 Å². The van der Waals surface area contributed by atoms with E-state index in [0.29, 0.717) is 28.6 Å². The normalized spacial score (nSPS) is 13.2. The highest BCUT2D eigenvalue weighted by atomic mass is 35.5. The van der Waals surface area contributed by atoms with Crippen LogP contribution in [0.15, 0.2) is 12.1 Å². The molecule has 0 aromatic heterocycles. The van der Waals surface area contributed by atoms with Crippen LogP contribution in [0.2, 0.25) is 5.02 Å². The van der Waals surface area contributed by atoms with Crippen molar-refractivity contribution in [1.82, 2.24) is 0 Å². The Morgan fingerprint density at radius 3 is 2.50 bits per heavy atom. The lowest BCUT2D eigenvalue weighted by Crippen LogP contribution is -2.14. The zero-order valence-electron chi connectivity index (χ0n) is 10.1. The van der Waals surface area contributed by atoms with Crippen LogP contribution in [0.25, 0.3) is 0 Å². The molecular formula is C13H19ClFN. The summed E-state index contributed by atoms with van der Waals surface area (Å²) in [5.41, 5.74) is 6.88. The standard InChI is InChI=1S/C13H19ClFN/c1-8(2)11(4-5-16)12-7-10(14)6-9(3)13(12)15/h6-8,11H,4-5,16H2,1-3H3. The molecular weight excluding hydrogens is 225 g/mol. The SMILES string of the molecule is Cc1cc(Cl)cc(C(CCN)C(C)C)c1F. The molecule has 16 heavy (non-hydrogen) atoms. The quantitative estimate of drug-likeness (QED) is 0.854. The molecule has 3 heteroatoms. The van der Waals surface area contributed by atoms with Gasteiger partial charge in [-0.05, 0) is 55.0 Å². The van der Waals surface area contributed by atoms with Gasteiger partial charge in [0.2, 0.25) is 0 Å². The van der Waals surface area contributed by atoms with Crippen LogP contribution >= 0.6 is 11.6 Å². The molecule has 0 fully saturated rings. The molecule has 90 valence electrons. The van der Waals surface area contributed by atoms with Crippen molar-refractivity contribution in [1.29, 1.82) is 0 Å². The second-order valence-electron chi connectivity index (χ2n) is 4.55. The van der Waals surface area contributed by atoms with E-state index in [9.17, 15) is 4.39 Å². The average Bonchev–Trinajstić information content (AvgIpc) is 2.20. The summed E-state index contributed by atoms with van der Waals surface area (Å²) in [7, 11) is 0. The molecule has 0 radical (unpaired) electrons. The van der Waals surface area contributed by atoms with E-state index in [2.05, 4.69) is 13.8 Å². The van der Waals surface area contributed by atoms with Crippen molar-refractivity contribution in [3.63, 3.8) is 0 Å². The first-order valence-corrected chi connectivity index (χ1v) is 6.00. The highest BCUT2D eigenvalue weighted by molar-refractivity contribution is 6.30. The molecule has 0 aliphatic rings. The monoisotopic (exact) mass is 243 g/mol. The van der Waals surface area contributed by atoms with Gasteiger partial charge < -0.3 is 5.73 Å². The number of nitrogens with two attached hydrogens (primary N) is 1. The van der Waals surface area contributed by atoms with Crippen LogP contribution in [0.4, 0.5) is 4.39 Å². The summed E-state index contributed by atoms with van der Waals surface area (Å²) in [5.74, 6) is 0.356. The lowest BCUT2D eigenvalue weighted by molar-refractivity contribution is 0.450. The van der Waals surface area contributed by atoms with Crippen molar-refractivity contribution in [2.75, 3.05) is 6.54 Å². The summed E-state index contributed by atoms with van der Waals surface area (Å²) in [6, 6.07) is 3.38. The average molecular weight is 244 g/mol. The molecule has 0 aliphatic carbocycles. The molecule has 0 saturated heterocycles. The predicted molar refractivity (Wildman–Crippen MR) is 67.4 cm³/mol. The summed E-state index contributed by atoms with van der Waals surface area (Å²) >= 11 is 5.97. The Morgan fingerprint density at radius 2 is 2.00 bits per heavy atom. The van der Waals surface area contributed by atoms with Crippen molar-refractivity contribution >= 4 is 11.6 Å². The Hall–Kier alpha value is -0.600. The van der Waals surface area contributed by atoms with Gasteiger partial charge in [0.15, 0.2) is 0 Å². The van der Waals surface area contributed by atoms with Gasteiger partial charge in [-0.1, -0.05) is 25.4 Å². The minimum absolute atomic E-state index is 0.141. The van der Waals surface area contributed by atoms with Crippen LogP contribution in [-0.2, 0) is 0 Å². The lowest BCUT2D eigenvalue weighted by Gasteiger charge is -2.22. The molecule has 1 aromatic carbocycles. The number of hydrogen-bond acceptors (Lipinski definition) is 1. The van der Waals surface area contributed by atoms with E-state index in [0.717, 1.165) is 6.42 Å². The van der Waals surface area contributed by atoms with Crippen LogP contribution in [0.1, 0.15) is 37.3 Å². The van der Waals surface area contributed by atoms with E-state index in [1.165, 1.54) is 0 Å². The molecule has 0 spiro atoms. The fourth-order valence-electron chi connectivity index (χ4n) is 2.05. The topological polar surface area (TPSA) is 26.0 Å². The zero-order valence-corrected chi connectivity index (χ0v) is 10.8. The molecule has 0 saturated carbocycles. The van der Waals surface area contributed by atoms with Gasteiger partial charge in [0.25, 0.3) is 0 Å². The summed E-state index contributed by atoms with van der Waals surface area (Å²) in [6.45, 7) is 6.46. The summed E-state index contributed by atoms with van der Waals surface area (Å²) < 4.78 is 14.0. The number of hydrogen-bond donors (Lipinski definition) is 1. The Labute approximate surface area is 102 Å². The van der Waals surface area contributed by atoms with Gasteiger partial charge >= 0.3 is 0 Å². The van der Waals surface area contributed by atoms with Gasteiger partial charge in [0.05, 0.1) is 0 Å². The fraction of sp³-hybridized carbons (Fsp3) is 0.538. The molecule has 0 amide bonds. The van der Waals surface area contributed by atoms with Gasteiger partial charge in [0.1, 0.15) is 5.82 Å². The summed E-state index contributed by atoms with van der Waals surface area (Å²) in [6.07, 6.45) is 0.786. The third-order valence-electron chi connectivity index (χ3n) is 2.93. The highest BCUT2D eigenvalue weighted by Gasteiger charge is 2.20. The van der Waals surface area contributed by atoms with Crippen molar-refractivity contribution in [3.05, 3.63) is 34.1 Å². The van der Waals surface area contributed by atoms with Crippen LogP contribution in [0, 0.1) is 18.7 Å². The number of rotatable bonds is 4. The van der Waals surface area contributed by atoms with E-state index >= 15 is 0 Å². The van der Waals surface area contributed by atoms with Crippen molar-refractivity contribution < 1.29 is 4.39 Å².